The predicted octanol–water partition coefficient (Wildman–Crippen LogP) is 3.87. The summed E-state index contributed by atoms with van der Waals surface area (Å²) in [5.41, 5.74) is 2.66. The van der Waals surface area contributed by atoms with Gasteiger partial charge in [-0.15, -0.1) is 0 Å². The number of carboxylic acids is 1. The smallest absolute Gasteiger partial charge is 0.331 e. The Morgan fingerprint density at radius 1 is 1.10 bits per heavy atom. The zero-order chi connectivity index (χ0) is 20.2. The van der Waals surface area contributed by atoms with Crippen molar-refractivity contribution in [2.75, 3.05) is 6.54 Å². The second-order valence-corrected chi connectivity index (χ2v) is 7.11. The molecule has 1 aromatic heterocycles. The third kappa shape index (κ3) is 4.06. The van der Waals surface area contributed by atoms with Crippen LogP contribution in [0.4, 0.5) is 0 Å². The van der Waals surface area contributed by atoms with E-state index in [-0.39, 0.29) is 12.3 Å². The summed E-state index contributed by atoms with van der Waals surface area (Å²) in [6.45, 7) is 0.421. The van der Waals surface area contributed by atoms with Crippen LogP contribution in [-0.4, -0.2) is 33.4 Å². The lowest BCUT2D eigenvalue weighted by molar-refractivity contribution is -0.151. The Kier molecular flexibility index (Phi) is 5.42. The fourth-order valence-corrected chi connectivity index (χ4v) is 3.80. The van der Waals surface area contributed by atoms with Crippen LogP contribution >= 0.6 is 0 Å². The van der Waals surface area contributed by atoms with Crippen molar-refractivity contribution in [2.45, 2.75) is 31.7 Å². The summed E-state index contributed by atoms with van der Waals surface area (Å²) >= 11 is 0. The topological polar surface area (TPSA) is 83.6 Å². The molecule has 1 unspecified atom stereocenters. The van der Waals surface area contributed by atoms with Crippen molar-refractivity contribution >= 4 is 11.9 Å². The number of aromatic nitrogens is 1. The molecule has 6 heteroatoms. The maximum Gasteiger partial charge on any atom is 0.331 e. The highest BCUT2D eigenvalue weighted by Crippen LogP contribution is 2.30. The summed E-state index contributed by atoms with van der Waals surface area (Å²) in [5, 5.41) is 9.70. The van der Waals surface area contributed by atoms with Crippen molar-refractivity contribution in [1.29, 1.82) is 0 Å². The van der Waals surface area contributed by atoms with E-state index in [2.05, 4.69) is 4.98 Å². The molecule has 1 N–H and O–H groups in total. The molecule has 0 fully saturated rings. The monoisotopic (exact) mass is 390 g/mol. The van der Waals surface area contributed by atoms with Crippen LogP contribution in [0.5, 0.6) is 0 Å². The van der Waals surface area contributed by atoms with E-state index < -0.39 is 12.0 Å². The van der Waals surface area contributed by atoms with Gasteiger partial charge >= 0.3 is 5.97 Å². The van der Waals surface area contributed by atoms with Gasteiger partial charge in [-0.3, -0.25) is 4.79 Å². The van der Waals surface area contributed by atoms with Gasteiger partial charge in [0.15, 0.2) is 17.7 Å². The van der Waals surface area contributed by atoms with Crippen molar-refractivity contribution in [3.8, 4) is 11.3 Å². The van der Waals surface area contributed by atoms with Crippen LogP contribution in [0.25, 0.3) is 11.3 Å². The third-order valence-electron chi connectivity index (χ3n) is 5.23. The number of nitrogens with zero attached hydrogens (tertiary/aromatic N) is 2. The molecule has 29 heavy (non-hydrogen) atoms. The van der Waals surface area contributed by atoms with Crippen LogP contribution in [0.3, 0.4) is 0 Å². The van der Waals surface area contributed by atoms with Crippen LogP contribution in [0.2, 0.25) is 0 Å². The molecule has 0 bridgehead atoms. The highest BCUT2D eigenvalue weighted by atomic mass is 16.4. The van der Waals surface area contributed by atoms with Crippen LogP contribution in [0, 0.1) is 0 Å². The molecule has 1 aliphatic heterocycles. The van der Waals surface area contributed by atoms with Gasteiger partial charge in [-0.2, -0.15) is 0 Å². The van der Waals surface area contributed by atoms with Crippen LogP contribution in [-0.2, 0) is 22.4 Å². The van der Waals surface area contributed by atoms with E-state index in [1.165, 1.54) is 4.90 Å². The molecule has 0 aliphatic carbocycles. The van der Waals surface area contributed by atoms with Crippen LogP contribution < -0.4 is 0 Å². The number of carbonyl (C=O) groups is 2. The van der Waals surface area contributed by atoms with Gasteiger partial charge in [0.2, 0.25) is 5.91 Å². The maximum atomic E-state index is 12.8. The predicted molar refractivity (Wildman–Crippen MR) is 107 cm³/mol. The van der Waals surface area contributed by atoms with Gasteiger partial charge in [-0.25, -0.2) is 9.78 Å². The first-order chi connectivity index (χ1) is 14.1. The molecule has 1 aliphatic rings. The Labute approximate surface area is 168 Å². The number of rotatable bonds is 6. The number of carbonyl (C=O) groups excluding carboxylic acids is 1. The Morgan fingerprint density at radius 3 is 2.66 bits per heavy atom. The minimum atomic E-state index is -0.995. The van der Waals surface area contributed by atoms with E-state index >= 15 is 0 Å². The molecule has 1 amide bonds. The lowest BCUT2D eigenvalue weighted by atomic mass is 9.92. The molecule has 4 rings (SSSR count). The maximum absolute atomic E-state index is 12.8. The molecule has 3 aromatic rings. The average Bonchev–Trinajstić information content (AvgIpc) is 3.22. The Balaban J connectivity index is 1.38. The summed E-state index contributed by atoms with van der Waals surface area (Å²) < 4.78 is 5.77. The van der Waals surface area contributed by atoms with Crippen molar-refractivity contribution < 1.29 is 19.1 Å². The number of aryl methyl sites for hydroxylation is 1. The normalized spacial score (nSPS) is 15.7. The van der Waals surface area contributed by atoms with E-state index in [0.29, 0.717) is 43.0 Å². The second-order valence-electron chi connectivity index (χ2n) is 7.11. The first-order valence-corrected chi connectivity index (χ1v) is 9.73. The fraction of sp³-hybridized carbons (Fsp3) is 0.261. The average molecular weight is 390 g/mol. The third-order valence-corrected chi connectivity index (χ3v) is 5.23. The van der Waals surface area contributed by atoms with Crippen LogP contribution in [0.1, 0.15) is 35.9 Å². The standard InChI is InChI=1S/C23H22N2O4/c26-21(25-14-13-16-7-4-5-10-18(16)22(25)23(27)28)12-6-11-20-24-15-19(29-20)17-8-2-1-3-9-17/h1-5,7-10,15,22H,6,11-14H2,(H,27,28). The number of benzene rings is 2. The van der Waals surface area contributed by atoms with Gasteiger partial charge in [0.25, 0.3) is 0 Å². The summed E-state index contributed by atoms with van der Waals surface area (Å²) in [7, 11) is 0. The van der Waals surface area contributed by atoms with Gasteiger partial charge in [-0.05, 0) is 24.0 Å². The number of amides is 1. The summed E-state index contributed by atoms with van der Waals surface area (Å²) in [6, 6.07) is 16.2. The van der Waals surface area contributed by atoms with Crippen molar-refractivity contribution in [1.82, 2.24) is 9.88 Å². The van der Waals surface area contributed by atoms with Gasteiger partial charge in [0.1, 0.15) is 0 Å². The number of hydrogen-bond acceptors (Lipinski definition) is 4. The van der Waals surface area contributed by atoms with Gasteiger partial charge in [-0.1, -0.05) is 54.6 Å². The molecule has 6 nitrogen and oxygen atoms in total. The fourth-order valence-electron chi connectivity index (χ4n) is 3.80. The minimum Gasteiger partial charge on any atom is -0.479 e. The highest BCUT2D eigenvalue weighted by Gasteiger charge is 2.35. The summed E-state index contributed by atoms with van der Waals surface area (Å²) in [6.07, 6.45) is 3.70. The van der Waals surface area contributed by atoms with E-state index in [0.717, 1.165) is 11.1 Å². The number of carboxylic acid groups (broad SMARTS) is 1. The Bertz CT molecular complexity index is 1010. The molecule has 0 spiro atoms. The van der Waals surface area contributed by atoms with E-state index in [9.17, 15) is 14.7 Å². The first kappa shape index (κ1) is 18.9. The summed E-state index contributed by atoms with van der Waals surface area (Å²) in [5.74, 6) is 0.133. The largest absolute Gasteiger partial charge is 0.479 e. The van der Waals surface area contributed by atoms with Gasteiger partial charge in [0, 0.05) is 24.9 Å². The second kappa shape index (κ2) is 8.31. The van der Waals surface area contributed by atoms with E-state index in [1.54, 1.807) is 12.3 Å². The zero-order valence-electron chi connectivity index (χ0n) is 16.0. The summed E-state index contributed by atoms with van der Waals surface area (Å²) in [4.78, 5) is 30.4. The molecule has 0 saturated heterocycles. The van der Waals surface area contributed by atoms with Crippen molar-refractivity contribution in [2.24, 2.45) is 0 Å². The molecular weight excluding hydrogens is 368 g/mol. The Morgan fingerprint density at radius 2 is 1.86 bits per heavy atom. The SMILES string of the molecule is O=C(O)C1c2ccccc2CCN1C(=O)CCCc1ncc(-c2ccccc2)o1. The number of oxazole rings is 1. The van der Waals surface area contributed by atoms with E-state index in [1.807, 2.05) is 48.5 Å². The molecule has 1 atom stereocenters. The van der Waals surface area contributed by atoms with Gasteiger partial charge in [0.05, 0.1) is 6.20 Å². The van der Waals surface area contributed by atoms with Crippen molar-refractivity contribution in [3.05, 3.63) is 77.8 Å². The van der Waals surface area contributed by atoms with Gasteiger partial charge < -0.3 is 14.4 Å². The number of aliphatic carboxylic acids is 1. The molecule has 148 valence electrons. The highest BCUT2D eigenvalue weighted by molar-refractivity contribution is 5.85. The van der Waals surface area contributed by atoms with Crippen LogP contribution in [0.15, 0.2) is 65.2 Å². The molecular formula is C23H22N2O4. The zero-order valence-corrected chi connectivity index (χ0v) is 16.0. The lowest BCUT2D eigenvalue weighted by Crippen LogP contribution is -2.43. The number of fused-ring (bicyclic) bond motifs is 1. The molecule has 0 radical (unpaired) electrons. The molecule has 0 saturated carbocycles. The quantitative estimate of drug-likeness (QED) is 0.691. The van der Waals surface area contributed by atoms with Crippen molar-refractivity contribution in [3.63, 3.8) is 0 Å². The lowest BCUT2D eigenvalue weighted by Gasteiger charge is -2.34. The van der Waals surface area contributed by atoms with E-state index in [4.69, 9.17) is 4.42 Å². The first-order valence-electron chi connectivity index (χ1n) is 9.73. The minimum absolute atomic E-state index is 0.151. The molecule has 2 heterocycles. The Hall–Kier alpha value is -3.41. The number of hydrogen-bond donors (Lipinski definition) is 1. The molecule has 2 aromatic carbocycles.